The van der Waals surface area contributed by atoms with Crippen molar-refractivity contribution in [3.05, 3.63) is 69.5 Å². The zero-order valence-electron chi connectivity index (χ0n) is 20.0. The molecule has 0 atom stereocenters. The van der Waals surface area contributed by atoms with E-state index in [9.17, 15) is 4.79 Å². The number of carbonyl (C=O) groups excluding carboxylic acids is 1. The monoisotopic (exact) mass is 495 g/mol. The van der Waals surface area contributed by atoms with Crippen LogP contribution in [0.15, 0.2) is 52.7 Å². The smallest absolute Gasteiger partial charge is 0.282 e. The van der Waals surface area contributed by atoms with Crippen LogP contribution in [0, 0.1) is 19.3 Å². The normalized spacial score (nSPS) is 16.0. The maximum Gasteiger partial charge on any atom is 0.282 e. The average molecular weight is 496 g/mol. The first-order valence-electron chi connectivity index (χ1n) is 11.2. The van der Waals surface area contributed by atoms with Crippen LogP contribution in [-0.2, 0) is 9.63 Å². The number of amidine groups is 2. The van der Waals surface area contributed by atoms with Gasteiger partial charge in [0.1, 0.15) is 24.7 Å². The predicted octanol–water partition coefficient (Wildman–Crippen LogP) is 5.26. The summed E-state index contributed by atoms with van der Waals surface area (Å²) in [4.78, 5) is 22.0. The topological polar surface area (TPSA) is 93.4 Å². The Balaban J connectivity index is 1.49. The summed E-state index contributed by atoms with van der Waals surface area (Å²) in [6, 6.07) is 9.27. The van der Waals surface area contributed by atoms with Crippen molar-refractivity contribution >= 4 is 35.3 Å². The van der Waals surface area contributed by atoms with Gasteiger partial charge in [-0.05, 0) is 74.7 Å². The number of carbonyl (C=O) groups is 1. The molecule has 4 rings (SSSR count). The van der Waals surface area contributed by atoms with Crippen molar-refractivity contribution in [3.63, 3.8) is 0 Å². The molecule has 2 heterocycles. The number of fused-ring (bicyclic) bond motifs is 1. The molecular formula is C26H26ClN3O5. The van der Waals surface area contributed by atoms with Crippen LogP contribution in [0.25, 0.3) is 6.08 Å². The van der Waals surface area contributed by atoms with E-state index in [1.807, 2.05) is 32.0 Å². The van der Waals surface area contributed by atoms with Crippen molar-refractivity contribution < 1.29 is 23.8 Å². The fourth-order valence-corrected chi connectivity index (χ4v) is 3.82. The SMILES string of the molecule is CCOc1cc(/C=C2/C(=N)N3OC(C)=CC3=NC2=O)cc(Cl)c1OCCOc1ccc(C)c(C)c1. The Hall–Kier alpha value is -3.78. The molecule has 0 unspecified atom stereocenters. The Labute approximate surface area is 208 Å². The third kappa shape index (κ3) is 5.33. The number of benzene rings is 2. The summed E-state index contributed by atoms with van der Waals surface area (Å²) in [5, 5.41) is 9.89. The largest absolute Gasteiger partial charge is 0.490 e. The number of nitrogens with zero attached hydrogens (tertiary/aromatic N) is 2. The van der Waals surface area contributed by atoms with E-state index >= 15 is 0 Å². The minimum atomic E-state index is -0.534. The lowest BCUT2D eigenvalue weighted by molar-refractivity contribution is -0.114. The standard InChI is InChI=1S/C26H26ClN3O5/c1-5-32-22-14-18(12-20-25(28)30-23(29-26(20)31)11-17(4)35-30)13-21(27)24(22)34-9-8-33-19-7-6-15(2)16(3)10-19/h6-7,10-14,28H,5,8-9H2,1-4H3/b20-12-,28-25?. The highest BCUT2D eigenvalue weighted by atomic mass is 35.5. The summed E-state index contributed by atoms with van der Waals surface area (Å²) in [5.41, 5.74) is 3.00. The first-order valence-corrected chi connectivity index (χ1v) is 11.5. The zero-order valence-corrected chi connectivity index (χ0v) is 20.7. The fourth-order valence-electron chi connectivity index (χ4n) is 3.55. The van der Waals surface area contributed by atoms with E-state index in [1.54, 1.807) is 25.1 Å². The van der Waals surface area contributed by atoms with Crippen molar-refractivity contribution in [2.24, 2.45) is 4.99 Å². The summed E-state index contributed by atoms with van der Waals surface area (Å²) in [6.45, 7) is 8.63. The van der Waals surface area contributed by atoms with Gasteiger partial charge in [0.2, 0.25) is 0 Å². The summed E-state index contributed by atoms with van der Waals surface area (Å²) < 4.78 is 17.4. The highest BCUT2D eigenvalue weighted by Gasteiger charge is 2.34. The molecule has 35 heavy (non-hydrogen) atoms. The van der Waals surface area contributed by atoms with E-state index in [2.05, 4.69) is 11.9 Å². The van der Waals surface area contributed by atoms with Crippen molar-refractivity contribution in [2.75, 3.05) is 19.8 Å². The number of rotatable bonds is 8. The van der Waals surface area contributed by atoms with E-state index < -0.39 is 5.91 Å². The highest BCUT2D eigenvalue weighted by molar-refractivity contribution is 6.33. The lowest BCUT2D eigenvalue weighted by atomic mass is 10.1. The van der Waals surface area contributed by atoms with Crippen LogP contribution in [-0.4, -0.2) is 42.5 Å². The number of allylic oxidation sites excluding steroid dienone is 1. The van der Waals surface area contributed by atoms with E-state index in [0.717, 1.165) is 11.3 Å². The molecule has 0 aromatic heterocycles. The molecule has 8 nitrogen and oxygen atoms in total. The van der Waals surface area contributed by atoms with Gasteiger partial charge in [0.15, 0.2) is 23.2 Å². The van der Waals surface area contributed by atoms with Gasteiger partial charge in [0.05, 0.1) is 17.2 Å². The molecule has 1 amide bonds. The van der Waals surface area contributed by atoms with Gasteiger partial charge in [0.25, 0.3) is 5.91 Å². The van der Waals surface area contributed by atoms with Crippen LogP contribution in [0.5, 0.6) is 17.2 Å². The van der Waals surface area contributed by atoms with E-state index in [4.69, 9.17) is 36.1 Å². The van der Waals surface area contributed by atoms with Gasteiger partial charge in [-0.3, -0.25) is 10.2 Å². The van der Waals surface area contributed by atoms with Crippen molar-refractivity contribution in [1.82, 2.24) is 5.06 Å². The zero-order chi connectivity index (χ0) is 25.1. The molecule has 0 radical (unpaired) electrons. The minimum absolute atomic E-state index is 0.0748. The maximum atomic E-state index is 12.5. The van der Waals surface area contributed by atoms with E-state index in [0.29, 0.717) is 41.1 Å². The predicted molar refractivity (Wildman–Crippen MR) is 134 cm³/mol. The van der Waals surface area contributed by atoms with Gasteiger partial charge in [-0.1, -0.05) is 17.7 Å². The van der Waals surface area contributed by atoms with Crippen molar-refractivity contribution in [3.8, 4) is 17.2 Å². The molecule has 9 heteroatoms. The number of hydrogen-bond donors (Lipinski definition) is 1. The molecule has 2 aromatic carbocycles. The molecule has 0 spiro atoms. The quantitative estimate of drug-likeness (QED) is 0.396. The molecule has 0 aliphatic carbocycles. The number of hydroxylamine groups is 2. The second-order valence-corrected chi connectivity index (χ2v) is 8.44. The summed E-state index contributed by atoms with van der Waals surface area (Å²) in [6.07, 6.45) is 3.13. The van der Waals surface area contributed by atoms with Crippen LogP contribution in [0.4, 0.5) is 0 Å². The molecule has 0 saturated carbocycles. The first kappa shape index (κ1) is 24.3. The first-order chi connectivity index (χ1) is 16.8. The van der Waals surface area contributed by atoms with Crippen LogP contribution in [0.1, 0.15) is 30.5 Å². The van der Waals surface area contributed by atoms with Crippen LogP contribution in [0.2, 0.25) is 5.02 Å². The molecular weight excluding hydrogens is 470 g/mol. The fraction of sp³-hybridized carbons (Fsp3) is 0.269. The molecule has 2 aliphatic rings. The Bertz CT molecular complexity index is 1280. The number of hydrogen-bond acceptors (Lipinski definition) is 6. The van der Waals surface area contributed by atoms with E-state index in [-0.39, 0.29) is 23.9 Å². The van der Waals surface area contributed by atoms with Gasteiger partial charge < -0.3 is 19.0 Å². The van der Waals surface area contributed by atoms with Gasteiger partial charge >= 0.3 is 0 Å². The third-order valence-electron chi connectivity index (χ3n) is 5.40. The summed E-state index contributed by atoms with van der Waals surface area (Å²) >= 11 is 6.52. The van der Waals surface area contributed by atoms with Crippen molar-refractivity contribution in [1.29, 1.82) is 5.41 Å². The van der Waals surface area contributed by atoms with Crippen LogP contribution < -0.4 is 14.2 Å². The second-order valence-electron chi connectivity index (χ2n) is 8.03. The Kier molecular flexibility index (Phi) is 7.12. The minimum Gasteiger partial charge on any atom is -0.490 e. The third-order valence-corrected chi connectivity index (χ3v) is 5.68. The second kappa shape index (κ2) is 10.2. The van der Waals surface area contributed by atoms with E-state index in [1.165, 1.54) is 16.7 Å². The number of amides is 1. The Morgan fingerprint density at radius 1 is 1.09 bits per heavy atom. The number of nitrogens with one attached hydrogen (secondary N) is 1. The van der Waals surface area contributed by atoms with Crippen molar-refractivity contribution in [2.45, 2.75) is 27.7 Å². The van der Waals surface area contributed by atoms with Crippen LogP contribution in [0.3, 0.4) is 0 Å². The van der Waals surface area contributed by atoms with Crippen LogP contribution >= 0.6 is 11.6 Å². The number of aliphatic imine (C=N–C) groups is 1. The molecule has 182 valence electrons. The van der Waals surface area contributed by atoms with Gasteiger partial charge in [-0.2, -0.15) is 4.99 Å². The molecule has 0 bridgehead atoms. The number of halogens is 1. The Morgan fingerprint density at radius 2 is 1.86 bits per heavy atom. The average Bonchev–Trinajstić information content (AvgIpc) is 3.18. The molecule has 2 aromatic rings. The molecule has 0 saturated heterocycles. The van der Waals surface area contributed by atoms with Gasteiger partial charge in [-0.25, -0.2) is 0 Å². The maximum absolute atomic E-state index is 12.5. The lowest BCUT2D eigenvalue weighted by Gasteiger charge is -2.23. The van der Waals surface area contributed by atoms with Gasteiger partial charge in [-0.15, -0.1) is 5.06 Å². The van der Waals surface area contributed by atoms with Gasteiger partial charge in [0, 0.05) is 6.08 Å². The molecule has 2 aliphatic heterocycles. The summed E-state index contributed by atoms with van der Waals surface area (Å²) in [5.74, 6) is 1.77. The lowest BCUT2D eigenvalue weighted by Crippen LogP contribution is -2.38. The Morgan fingerprint density at radius 3 is 2.60 bits per heavy atom. The molecule has 1 N–H and O–H groups in total. The highest BCUT2D eigenvalue weighted by Crippen LogP contribution is 2.38. The number of aryl methyl sites for hydroxylation is 2. The summed E-state index contributed by atoms with van der Waals surface area (Å²) in [7, 11) is 0. The number of ether oxygens (including phenoxy) is 3. The molecule has 0 fully saturated rings.